The molecule has 0 radical (unpaired) electrons. The number of hydrogen-bond donors (Lipinski definition) is 8. The van der Waals surface area contributed by atoms with Crippen LogP contribution in [0.1, 0.15) is 36.5 Å². The molecule has 0 aliphatic heterocycles. The maximum Gasteiger partial charge on any atom is 0.243 e. The van der Waals surface area contributed by atoms with Crippen LogP contribution in [-0.2, 0) is 43.2 Å². The van der Waals surface area contributed by atoms with Crippen LogP contribution in [0.15, 0.2) is 102 Å². The van der Waals surface area contributed by atoms with E-state index in [0.717, 1.165) is 41.9 Å². The number of amides is 5. The zero-order valence-electron chi connectivity index (χ0n) is 30.9. The van der Waals surface area contributed by atoms with Crippen LogP contribution >= 0.6 is 22.6 Å². The number of fused-ring (bicyclic) bond motifs is 2. The molecule has 5 amide bonds. The topological polar surface area (TPSA) is 240 Å². The summed E-state index contributed by atoms with van der Waals surface area (Å²) >= 11 is 2.17. The van der Waals surface area contributed by atoms with Gasteiger partial charge in [-0.25, -0.2) is 0 Å². The molecule has 0 aliphatic rings. The number of aromatic amines is 1. The SMILES string of the molecule is CC(=O)N[C@@H](Cc1c[nH]c2ccccc12)C(=O)N[C@H](Cc1ccc(I)cc1)C(=O)N[C@@H](CCCN=C(N)N)C(=O)N[C@H](Cc1ccc2ccccc2c1)C(N)=O. The fourth-order valence-electron chi connectivity index (χ4n) is 6.45. The molecule has 0 saturated carbocycles. The van der Waals surface area contributed by atoms with Gasteiger partial charge in [0.05, 0.1) is 0 Å². The Kier molecular flexibility index (Phi) is 14.4. The lowest BCUT2D eigenvalue weighted by Crippen LogP contribution is -2.59. The minimum absolute atomic E-state index is 0.0720. The first kappa shape index (κ1) is 41.2. The van der Waals surface area contributed by atoms with Gasteiger partial charge >= 0.3 is 0 Å². The van der Waals surface area contributed by atoms with Crippen molar-refractivity contribution in [1.82, 2.24) is 26.3 Å². The molecular formula is C41H46IN9O5. The minimum Gasteiger partial charge on any atom is -0.370 e. The van der Waals surface area contributed by atoms with Crippen LogP contribution in [0.4, 0.5) is 0 Å². The summed E-state index contributed by atoms with van der Waals surface area (Å²) in [7, 11) is 0. The number of aliphatic imine (C=N–C) groups is 1. The largest absolute Gasteiger partial charge is 0.370 e. The van der Waals surface area contributed by atoms with E-state index in [1.54, 1.807) is 6.20 Å². The number of guanidine groups is 1. The highest BCUT2D eigenvalue weighted by atomic mass is 127. The van der Waals surface area contributed by atoms with Crippen LogP contribution in [-0.4, -0.2) is 71.2 Å². The van der Waals surface area contributed by atoms with E-state index in [0.29, 0.717) is 6.42 Å². The predicted octanol–water partition coefficient (Wildman–Crippen LogP) is 2.45. The van der Waals surface area contributed by atoms with Crippen molar-refractivity contribution in [2.24, 2.45) is 22.2 Å². The van der Waals surface area contributed by atoms with Gasteiger partial charge in [0.25, 0.3) is 0 Å². The molecule has 1 aromatic heterocycles. The van der Waals surface area contributed by atoms with E-state index in [2.05, 4.69) is 53.8 Å². The number of rotatable bonds is 18. The van der Waals surface area contributed by atoms with Gasteiger partial charge in [-0.1, -0.05) is 72.8 Å². The summed E-state index contributed by atoms with van der Waals surface area (Å²) in [6, 6.07) is 24.1. The number of hydrogen-bond acceptors (Lipinski definition) is 6. The average Bonchev–Trinajstić information content (AvgIpc) is 3.58. The number of aromatic nitrogens is 1. The molecule has 4 aromatic carbocycles. The van der Waals surface area contributed by atoms with E-state index in [1.807, 2.05) is 91.0 Å². The highest BCUT2D eigenvalue weighted by Gasteiger charge is 2.31. The lowest BCUT2D eigenvalue weighted by Gasteiger charge is -2.26. The summed E-state index contributed by atoms with van der Waals surface area (Å²) in [6.07, 6.45) is 2.51. The van der Waals surface area contributed by atoms with Crippen LogP contribution in [0.3, 0.4) is 0 Å². The van der Waals surface area contributed by atoms with E-state index in [1.165, 1.54) is 6.92 Å². The second-order valence-corrected chi connectivity index (χ2v) is 14.8. The minimum atomic E-state index is -1.17. The molecule has 15 heteroatoms. The van der Waals surface area contributed by atoms with E-state index in [-0.39, 0.29) is 38.2 Å². The number of primary amides is 1. The van der Waals surface area contributed by atoms with Gasteiger partial charge in [-0.05, 0) is 81.1 Å². The first-order valence-electron chi connectivity index (χ1n) is 18.2. The predicted molar refractivity (Wildman–Crippen MR) is 225 cm³/mol. The Morgan fingerprint density at radius 3 is 1.96 bits per heavy atom. The molecular weight excluding hydrogens is 825 g/mol. The molecule has 0 spiro atoms. The molecule has 1 heterocycles. The van der Waals surface area contributed by atoms with Crippen molar-refractivity contribution in [2.75, 3.05) is 6.54 Å². The number of nitrogens with one attached hydrogen (secondary N) is 5. The Labute approximate surface area is 338 Å². The summed E-state index contributed by atoms with van der Waals surface area (Å²) in [5, 5.41) is 14.0. The van der Waals surface area contributed by atoms with Crippen LogP contribution in [0.2, 0.25) is 0 Å². The van der Waals surface area contributed by atoms with Crippen LogP contribution in [0.25, 0.3) is 21.7 Å². The van der Waals surface area contributed by atoms with Gasteiger partial charge in [-0.2, -0.15) is 0 Å². The lowest BCUT2D eigenvalue weighted by molar-refractivity contribution is -0.134. The second-order valence-electron chi connectivity index (χ2n) is 13.6. The molecule has 5 rings (SSSR count). The highest BCUT2D eigenvalue weighted by Crippen LogP contribution is 2.20. The van der Waals surface area contributed by atoms with Crippen molar-refractivity contribution in [3.63, 3.8) is 0 Å². The van der Waals surface area contributed by atoms with Gasteiger partial charge in [-0.15, -0.1) is 0 Å². The van der Waals surface area contributed by atoms with Gasteiger partial charge in [0.15, 0.2) is 5.96 Å². The molecule has 5 aromatic rings. The number of H-pyrrole nitrogens is 1. The Morgan fingerprint density at radius 1 is 0.679 bits per heavy atom. The second kappa shape index (κ2) is 19.6. The number of nitrogens with zero attached hydrogens (tertiary/aromatic N) is 1. The number of carbonyl (C=O) groups excluding carboxylic acids is 5. The molecule has 4 atom stereocenters. The molecule has 292 valence electrons. The van der Waals surface area contributed by atoms with Crippen LogP contribution in [0.5, 0.6) is 0 Å². The number of benzene rings is 4. The van der Waals surface area contributed by atoms with Gasteiger partial charge < -0.3 is 43.5 Å². The van der Waals surface area contributed by atoms with Crippen LogP contribution < -0.4 is 38.5 Å². The van der Waals surface area contributed by atoms with Gasteiger partial charge in [0.1, 0.15) is 24.2 Å². The lowest BCUT2D eigenvalue weighted by atomic mass is 10.00. The molecule has 0 bridgehead atoms. The molecule has 0 aliphatic carbocycles. The van der Waals surface area contributed by atoms with Gasteiger partial charge in [0.2, 0.25) is 29.5 Å². The maximum absolute atomic E-state index is 14.2. The number of halogens is 1. The summed E-state index contributed by atoms with van der Waals surface area (Å²) in [5.74, 6) is -3.19. The zero-order chi connectivity index (χ0) is 40.2. The maximum atomic E-state index is 14.2. The van der Waals surface area contributed by atoms with Crippen molar-refractivity contribution in [3.8, 4) is 0 Å². The Balaban J connectivity index is 1.38. The first-order valence-corrected chi connectivity index (χ1v) is 19.2. The summed E-state index contributed by atoms with van der Waals surface area (Å²) in [6.45, 7) is 1.49. The quantitative estimate of drug-likeness (QED) is 0.0283. The Bertz CT molecular complexity index is 2220. The molecule has 0 fully saturated rings. The van der Waals surface area contributed by atoms with Crippen molar-refractivity contribution in [1.29, 1.82) is 0 Å². The number of carbonyl (C=O) groups is 5. The summed E-state index contributed by atoms with van der Waals surface area (Å²) in [4.78, 5) is 74.3. The molecule has 0 unspecified atom stereocenters. The Hall–Kier alpha value is -5.97. The molecule has 11 N–H and O–H groups in total. The van der Waals surface area contributed by atoms with Crippen molar-refractivity contribution in [2.45, 2.75) is 63.2 Å². The van der Waals surface area contributed by atoms with E-state index in [9.17, 15) is 24.0 Å². The van der Waals surface area contributed by atoms with E-state index >= 15 is 0 Å². The third-order valence-corrected chi connectivity index (χ3v) is 9.99. The standard InChI is InChI=1S/C41H46IN9O5/c1-24(52)48-36(22-29-23-47-32-10-5-4-9-31(29)32)40(56)51-35(20-25-13-16-30(42)17-14-25)39(55)49-33(11-6-18-46-41(44)45)38(54)50-34(37(43)53)21-26-12-15-27-7-2-3-8-28(27)19-26/h2-5,7-10,12-17,19,23,33-36,47H,6,11,18,20-22H2,1H3,(H2,43,53)(H,48,52)(H,49,55)(H,50,54)(H,51,56)(H4,44,45,46)/t33-,34+,35+,36-/m0/s1. The number of nitrogens with two attached hydrogens (primary N) is 3. The van der Waals surface area contributed by atoms with Gasteiger partial charge in [-0.3, -0.25) is 29.0 Å². The average molecular weight is 872 g/mol. The smallest absolute Gasteiger partial charge is 0.243 e. The van der Waals surface area contributed by atoms with Crippen molar-refractivity contribution >= 4 is 79.8 Å². The monoisotopic (exact) mass is 871 g/mol. The zero-order valence-corrected chi connectivity index (χ0v) is 33.0. The van der Waals surface area contributed by atoms with Crippen molar-refractivity contribution in [3.05, 3.63) is 117 Å². The summed E-state index contributed by atoms with van der Waals surface area (Å²) < 4.78 is 0.978. The van der Waals surface area contributed by atoms with E-state index < -0.39 is 53.7 Å². The van der Waals surface area contributed by atoms with E-state index in [4.69, 9.17) is 17.2 Å². The fourth-order valence-corrected chi connectivity index (χ4v) is 6.81. The summed E-state index contributed by atoms with van der Waals surface area (Å²) in [5.41, 5.74) is 20.0. The third-order valence-electron chi connectivity index (χ3n) is 9.27. The third kappa shape index (κ3) is 11.8. The van der Waals surface area contributed by atoms with Crippen LogP contribution in [0, 0.1) is 3.57 Å². The molecule has 0 saturated heterocycles. The highest BCUT2D eigenvalue weighted by molar-refractivity contribution is 14.1. The fraction of sp³-hybridized carbons (Fsp3) is 0.268. The normalized spacial score (nSPS) is 13.2. The Morgan fingerprint density at radius 2 is 1.27 bits per heavy atom. The number of para-hydroxylation sites is 1. The van der Waals surface area contributed by atoms with Gasteiger partial charge in [0, 0.05) is 53.4 Å². The first-order chi connectivity index (χ1) is 26.9. The van der Waals surface area contributed by atoms with Crippen molar-refractivity contribution < 1.29 is 24.0 Å². The molecule has 14 nitrogen and oxygen atoms in total. The molecule has 56 heavy (non-hydrogen) atoms.